The molecular formula is C82H156O17P2. The Balaban J connectivity index is 5.23. The lowest BCUT2D eigenvalue weighted by atomic mass is 9.99. The monoisotopic (exact) mass is 1480 g/mol. The molecule has 0 bridgehead atoms. The van der Waals surface area contributed by atoms with Crippen LogP contribution in [0.25, 0.3) is 0 Å². The van der Waals surface area contributed by atoms with E-state index in [1.54, 1.807) is 0 Å². The molecule has 0 heterocycles. The molecule has 0 radical (unpaired) electrons. The Kier molecular flexibility index (Phi) is 70.0. The molecule has 0 aliphatic rings. The average molecular weight is 1480 g/mol. The van der Waals surface area contributed by atoms with Crippen LogP contribution in [-0.2, 0) is 65.4 Å². The van der Waals surface area contributed by atoms with Crippen LogP contribution in [-0.4, -0.2) is 96.7 Å². The van der Waals surface area contributed by atoms with Gasteiger partial charge in [0, 0.05) is 25.7 Å². The van der Waals surface area contributed by atoms with E-state index in [9.17, 15) is 43.2 Å². The minimum absolute atomic E-state index is 0.0853. The number of allylic oxidation sites excluding steroid dienone is 4. The molecule has 0 aromatic carbocycles. The number of aliphatic hydroxyl groups excluding tert-OH is 1. The van der Waals surface area contributed by atoms with Crippen LogP contribution in [0.4, 0.5) is 0 Å². The van der Waals surface area contributed by atoms with Gasteiger partial charge in [-0.3, -0.25) is 37.3 Å². The van der Waals surface area contributed by atoms with Crippen molar-refractivity contribution in [1.29, 1.82) is 0 Å². The van der Waals surface area contributed by atoms with E-state index >= 15 is 0 Å². The van der Waals surface area contributed by atoms with E-state index in [1.807, 2.05) is 0 Å². The van der Waals surface area contributed by atoms with Crippen molar-refractivity contribution in [3.8, 4) is 0 Å². The number of hydrogen-bond acceptors (Lipinski definition) is 15. The van der Waals surface area contributed by atoms with Crippen LogP contribution >= 0.6 is 15.6 Å². The molecule has 3 N–H and O–H groups in total. The van der Waals surface area contributed by atoms with Gasteiger partial charge in [-0.2, -0.15) is 0 Å². The number of phosphoric acid groups is 2. The van der Waals surface area contributed by atoms with E-state index < -0.39 is 97.5 Å². The number of aliphatic hydroxyl groups is 1. The second kappa shape index (κ2) is 71.8. The lowest BCUT2D eigenvalue weighted by Gasteiger charge is -2.21. The minimum atomic E-state index is -4.97. The molecule has 0 saturated carbocycles. The van der Waals surface area contributed by atoms with Gasteiger partial charge in [-0.05, 0) is 69.1 Å². The Morgan fingerprint density at radius 2 is 0.584 bits per heavy atom. The summed E-state index contributed by atoms with van der Waals surface area (Å²) in [6.07, 6.45) is 63.4. The summed E-state index contributed by atoms with van der Waals surface area (Å²) < 4.78 is 68.6. The van der Waals surface area contributed by atoms with Crippen molar-refractivity contribution < 1.29 is 80.2 Å². The second-order valence-corrected chi connectivity index (χ2v) is 32.9. The summed E-state index contributed by atoms with van der Waals surface area (Å²) >= 11 is 0. The molecule has 0 saturated heterocycles. The zero-order valence-electron chi connectivity index (χ0n) is 65.9. The fourth-order valence-electron chi connectivity index (χ4n) is 12.1. The molecule has 0 aromatic rings. The summed E-state index contributed by atoms with van der Waals surface area (Å²) in [5.41, 5.74) is 0. The summed E-state index contributed by atoms with van der Waals surface area (Å²) in [4.78, 5) is 73.0. The molecular weight excluding hydrogens is 1320 g/mol. The van der Waals surface area contributed by atoms with Crippen LogP contribution in [0.2, 0.25) is 0 Å². The third-order valence-electron chi connectivity index (χ3n) is 18.9. The van der Waals surface area contributed by atoms with Gasteiger partial charge < -0.3 is 33.8 Å². The molecule has 6 atom stereocenters. The largest absolute Gasteiger partial charge is 0.472 e. The standard InChI is InChI=1S/C82H156O17P2/c1-8-10-11-12-13-14-15-16-21-26-31-36-43-51-58-65-81(86)98-77(69-92-79(84)63-56-49-42-35-30-25-23-20-18-17-19-22-24-29-34-41-48-55-62-75(7)9-2)71-96-100(88,89)94-67-76(83)68-95-101(90,91)97-72-78(70-93-80(85)64-57-50-45-38-40-47-54-61-74(5)6)99-82(87)66-59-52-44-37-32-27-28-33-39-46-53-60-73(3)4/h14-16,21,73-78,83H,8-13,17-20,22-72H2,1-7H3,(H,88,89)(H,90,91)/b15-14-,21-16-/t75?,76?,77-,78-/m1/s1. The molecule has 17 nitrogen and oxygen atoms in total. The van der Waals surface area contributed by atoms with Gasteiger partial charge >= 0.3 is 39.5 Å². The molecule has 19 heteroatoms. The normalized spacial score (nSPS) is 14.4. The van der Waals surface area contributed by atoms with Crippen molar-refractivity contribution in [2.75, 3.05) is 39.6 Å². The number of phosphoric ester groups is 2. The summed E-state index contributed by atoms with van der Waals surface area (Å²) in [7, 11) is -9.93. The van der Waals surface area contributed by atoms with Crippen molar-refractivity contribution in [3.05, 3.63) is 24.3 Å². The zero-order valence-corrected chi connectivity index (χ0v) is 67.6. The summed E-state index contributed by atoms with van der Waals surface area (Å²) in [5, 5.41) is 10.6. The number of carbonyl (C=O) groups excluding carboxylic acids is 4. The molecule has 0 fully saturated rings. The van der Waals surface area contributed by atoms with Gasteiger partial charge in [0.05, 0.1) is 26.4 Å². The minimum Gasteiger partial charge on any atom is -0.462 e. The van der Waals surface area contributed by atoms with E-state index in [2.05, 4.69) is 72.8 Å². The number of carbonyl (C=O) groups is 4. The summed E-state index contributed by atoms with van der Waals surface area (Å²) in [6, 6.07) is 0. The van der Waals surface area contributed by atoms with Gasteiger partial charge in [-0.25, -0.2) is 9.13 Å². The first-order valence-corrected chi connectivity index (χ1v) is 44.7. The molecule has 4 unspecified atom stereocenters. The average Bonchev–Trinajstić information content (AvgIpc) is 0.933. The van der Waals surface area contributed by atoms with Crippen molar-refractivity contribution in [2.24, 2.45) is 17.8 Å². The van der Waals surface area contributed by atoms with Crippen molar-refractivity contribution in [1.82, 2.24) is 0 Å². The number of esters is 4. The Morgan fingerprint density at radius 3 is 0.881 bits per heavy atom. The maximum absolute atomic E-state index is 13.1. The molecule has 596 valence electrons. The van der Waals surface area contributed by atoms with Crippen LogP contribution < -0.4 is 0 Å². The van der Waals surface area contributed by atoms with E-state index in [-0.39, 0.29) is 25.7 Å². The fourth-order valence-corrected chi connectivity index (χ4v) is 13.7. The Hall–Kier alpha value is -2.46. The SMILES string of the molecule is CCCCCC/C=C\C=C/CCCCCCCC(=O)O[C@H](COC(=O)CCCCCCCCCCCCCCCCCCCCC(C)CC)COP(=O)(O)OCC(O)COP(=O)(O)OC[C@@H](COC(=O)CCCCCCCCCC(C)C)OC(=O)CCCCCCCCCCCCCC(C)C. The predicted octanol–water partition coefficient (Wildman–Crippen LogP) is 24.1. The summed E-state index contributed by atoms with van der Waals surface area (Å²) in [6.45, 7) is 11.9. The van der Waals surface area contributed by atoms with Crippen LogP contribution in [0.3, 0.4) is 0 Å². The highest BCUT2D eigenvalue weighted by atomic mass is 31.2. The highest BCUT2D eigenvalue weighted by molar-refractivity contribution is 7.47. The number of unbranched alkanes of at least 4 members (excludes halogenated alkanes) is 42. The first kappa shape index (κ1) is 98.5. The van der Waals surface area contributed by atoms with Gasteiger partial charge in [0.15, 0.2) is 12.2 Å². The van der Waals surface area contributed by atoms with Crippen molar-refractivity contribution in [3.63, 3.8) is 0 Å². The highest BCUT2D eigenvalue weighted by Crippen LogP contribution is 2.45. The van der Waals surface area contributed by atoms with Gasteiger partial charge in [-0.1, -0.05) is 349 Å². The van der Waals surface area contributed by atoms with Gasteiger partial charge in [0.25, 0.3) is 0 Å². The number of ether oxygens (including phenoxy) is 4. The zero-order chi connectivity index (χ0) is 74.4. The molecule has 0 aliphatic heterocycles. The van der Waals surface area contributed by atoms with E-state index in [0.29, 0.717) is 31.6 Å². The van der Waals surface area contributed by atoms with E-state index in [1.165, 1.54) is 193 Å². The Morgan fingerprint density at radius 1 is 0.327 bits per heavy atom. The van der Waals surface area contributed by atoms with Crippen LogP contribution in [0.15, 0.2) is 24.3 Å². The maximum atomic E-state index is 13.1. The van der Waals surface area contributed by atoms with Crippen LogP contribution in [0.5, 0.6) is 0 Å². The van der Waals surface area contributed by atoms with Gasteiger partial charge in [0.2, 0.25) is 0 Å². The molecule has 0 amide bonds. The van der Waals surface area contributed by atoms with Gasteiger partial charge in [0.1, 0.15) is 19.3 Å². The first-order valence-electron chi connectivity index (χ1n) is 41.7. The predicted molar refractivity (Wildman–Crippen MR) is 414 cm³/mol. The molecule has 0 aliphatic carbocycles. The fraction of sp³-hybridized carbons (Fsp3) is 0.902. The lowest BCUT2D eigenvalue weighted by molar-refractivity contribution is -0.161. The summed E-state index contributed by atoms with van der Waals surface area (Å²) in [5.74, 6) is 0.197. The van der Waals surface area contributed by atoms with Crippen molar-refractivity contribution in [2.45, 2.75) is 420 Å². The molecule has 0 spiro atoms. The lowest BCUT2D eigenvalue weighted by Crippen LogP contribution is -2.30. The van der Waals surface area contributed by atoms with Crippen LogP contribution in [0, 0.1) is 17.8 Å². The highest BCUT2D eigenvalue weighted by Gasteiger charge is 2.30. The third-order valence-corrected chi connectivity index (χ3v) is 20.8. The molecule has 0 aromatic heterocycles. The maximum Gasteiger partial charge on any atom is 0.472 e. The Labute approximate surface area is 618 Å². The second-order valence-electron chi connectivity index (χ2n) is 30.0. The third kappa shape index (κ3) is 74.2. The van der Waals surface area contributed by atoms with Gasteiger partial charge in [-0.15, -0.1) is 0 Å². The molecule has 0 rings (SSSR count). The smallest absolute Gasteiger partial charge is 0.462 e. The quantitative estimate of drug-likeness (QED) is 0.0169. The van der Waals surface area contributed by atoms with Crippen LogP contribution in [0.1, 0.15) is 402 Å². The first-order chi connectivity index (χ1) is 48.8. The molecule has 101 heavy (non-hydrogen) atoms. The van der Waals surface area contributed by atoms with E-state index in [0.717, 1.165) is 121 Å². The number of hydrogen-bond donors (Lipinski definition) is 3. The van der Waals surface area contributed by atoms with Crippen molar-refractivity contribution >= 4 is 39.5 Å². The number of rotatable bonds is 78. The topological polar surface area (TPSA) is 237 Å². The Bertz CT molecular complexity index is 2050. The van der Waals surface area contributed by atoms with E-state index in [4.69, 9.17) is 37.0 Å².